The van der Waals surface area contributed by atoms with Gasteiger partial charge in [-0.25, -0.2) is 0 Å². The summed E-state index contributed by atoms with van der Waals surface area (Å²) in [6, 6.07) is 7.96. The summed E-state index contributed by atoms with van der Waals surface area (Å²) in [6.45, 7) is 0. The lowest BCUT2D eigenvalue weighted by Crippen LogP contribution is -2.09. The fraction of sp³-hybridized carbons (Fsp3) is 0.625. The van der Waals surface area contributed by atoms with E-state index >= 15 is 0 Å². The first-order valence-corrected chi connectivity index (χ1v) is 7.64. The van der Waals surface area contributed by atoms with Crippen molar-refractivity contribution in [3.63, 3.8) is 0 Å². The summed E-state index contributed by atoms with van der Waals surface area (Å²) in [5.74, 6) is 5.45. The van der Waals surface area contributed by atoms with Gasteiger partial charge < -0.3 is 5.43 Å². The molecule has 0 heterocycles. The predicted molar refractivity (Wildman–Crippen MR) is 80.9 cm³/mol. The molecule has 0 aliphatic carbocycles. The topological polar surface area (TPSA) is 38.0 Å². The summed E-state index contributed by atoms with van der Waals surface area (Å²) in [5.41, 5.74) is 4.87. The molecular formula is C16H25F3N2. The highest BCUT2D eigenvalue weighted by molar-refractivity contribution is 5.49. The molecule has 0 amide bonds. The second-order valence-electron chi connectivity index (χ2n) is 5.39. The number of benzene rings is 1. The number of hydrogen-bond acceptors (Lipinski definition) is 2. The molecule has 0 unspecified atom stereocenters. The zero-order valence-electron chi connectivity index (χ0n) is 12.4. The van der Waals surface area contributed by atoms with Crippen molar-refractivity contribution >= 4 is 5.69 Å². The highest BCUT2D eigenvalue weighted by Crippen LogP contribution is 2.23. The van der Waals surface area contributed by atoms with Crippen LogP contribution in [0.4, 0.5) is 18.9 Å². The largest absolute Gasteiger partial charge is 0.389 e. The number of nitrogens with one attached hydrogen (secondary N) is 1. The zero-order chi connectivity index (χ0) is 15.6. The van der Waals surface area contributed by atoms with Crippen molar-refractivity contribution in [3.8, 4) is 0 Å². The summed E-state index contributed by atoms with van der Waals surface area (Å²) >= 11 is 0. The van der Waals surface area contributed by atoms with Crippen LogP contribution in [0.1, 0.15) is 56.9 Å². The summed E-state index contributed by atoms with van der Waals surface area (Å²) in [5, 5.41) is 0. The summed E-state index contributed by atoms with van der Waals surface area (Å²) in [4.78, 5) is 0. The van der Waals surface area contributed by atoms with E-state index in [9.17, 15) is 13.2 Å². The van der Waals surface area contributed by atoms with E-state index in [-0.39, 0.29) is 6.42 Å². The van der Waals surface area contributed by atoms with E-state index in [2.05, 4.69) is 11.5 Å². The van der Waals surface area contributed by atoms with Gasteiger partial charge in [0.25, 0.3) is 0 Å². The smallest absolute Gasteiger partial charge is 0.324 e. The third-order valence-electron chi connectivity index (χ3n) is 3.58. The van der Waals surface area contributed by atoms with Crippen LogP contribution in [0.5, 0.6) is 0 Å². The van der Waals surface area contributed by atoms with E-state index in [0.29, 0.717) is 6.42 Å². The Labute approximate surface area is 124 Å². The van der Waals surface area contributed by atoms with Crippen LogP contribution in [-0.2, 0) is 6.42 Å². The van der Waals surface area contributed by atoms with Gasteiger partial charge in [-0.2, -0.15) is 13.2 Å². The molecule has 0 fully saturated rings. The van der Waals surface area contributed by atoms with Crippen LogP contribution >= 0.6 is 0 Å². The molecule has 3 N–H and O–H groups in total. The molecule has 1 aromatic carbocycles. The molecule has 0 saturated heterocycles. The van der Waals surface area contributed by atoms with Gasteiger partial charge in [-0.15, -0.1) is 0 Å². The Morgan fingerprint density at radius 2 is 1.43 bits per heavy atom. The Morgan fingerprint density at radius 3 is 2.05 bits per heavy atom. The van der Waals surface area contributed by atoms with Crippen LogP contribution in [-0.4, -0.2) is 6.18 Å². The summed E-state index contributed by atoms with van der Waals surface area (Å²) in [7, 11) is 0. The zero-order valence-corrected chi connectivity index (χ0v) is 12.4. The van der Waals surface area contributed by atoms with Crippen molar-refractivity contribution in [1.29, 1.82) is 0 Å². The highest BCUT2D eigenvalue weighted by atomic mass is 19.4. The maximum absolute atomic E-state index is 11.9. The van der Waals surface area contributed by atoms with Crippen LogP contribution in [0.2, 0.25) is 0 Å². The molecule has 0 radical (unpaired) electrons. The maximum atomic E-state index is 11.9. The normalized spacial score (nSPS) is 11.6. The molecule has 0 bridgehead atoms. The van der Waals surface area contributed by atoms with Crippen molar-refractivity contribution in [2.45, 2.75) is 64.0 Å². The van der Waals surface area contributed by atoms with E-state index in [1.54, 1.807) is 0 Å². The Hall–Kier alpha value is -1.23. The molecule has 21 heavy (non-hydrogen) atoms. The van der Waals surface area contributed by atoms with Crippen LogP contribution in [0.25, 0.3) is 0 Å². The SMILES string of the molecule is NNc1ccccc1CCCCCCCCCC(F)(F)F. The van der Waals surface area contributed by atoms with E-state index in [0.717, 1.165) is 44.2 Å². The number of aryl methyl sites for hydroxylation is 1. The molecule has 0 spiro atoms. The molecule has 0 aromatic heterocycles. The van der Waals surface area contributed by atoms with E-state index < -0.39 is 12.6 Å². The Kier molecular flexibility index (Phi) is 8.20. The summed E-state index contributed by atoms with van der Waals surface area (Å²) in [6.07, 6.45) is 2.49. The monoisotopic (exact) mass is 302 g/mol. The lowest BCUT2D eigenvalue weighted by atomic mass is 10.0. The average Bonchev–Trinajstić information content (AvgIpc) is 2.44. The van der Waals surface area contributed by atoms with Gasteiger partial charge in [0.15, 0.2) is 0 Å². The number of nitrogens with two attached hydrogens (primary N) is 1. The number of alkyl halides is 3. The molecule has 1 rings (SSSR count). The fourth-order valence-electron chi connectivity index (χ4n) is 2.40. The second kappa shape index (κ2) is 9.66. The van der Waals surface area contributed by atoms with Crippen molar-refractivity contribution in [3.05, 3.63) is 29.8 Å². The van der Waals surface area contributed by atoms with Gasteiger partial charge >= 0.3 is 6.18 Å². The lowest BCUT2D eigenvalue weighted by molar-refractivity contribution is -0.135. The Morgan fingerprint density at radius 1 is 0.857 bits per heavy atom. The van der Waals surface area contributed by atoms with Gasteiger partial charge in [-0.05, 0) is 30.9 Å². The van der Waals surface area contributed by atoms with Gasteiger partial charge in [0, 0.05) is 6.42 Å². The molecule has 0 aliphatic heterocycles. The van der Waals surface area contributed by atoms with Gasteiger partial charge in [0.1, 0.15) is 0 Å². The van der Waals surface area contributed by atoms with Crippen molar-refractivity contribution in [2.24, 2.45) is 5.84 Å². The lowest BCUT2D eigenvalue weighted by Gasteiger charge is -2.08. The molecule has 120 valence electrons. The van der Waals surface area contributed by atoms with Crippen LogP contribution < -0.4 is 11.3 Å². The molecular weight excluding hydrogens is 277 g/mol. The molecule has 0 atom stereocenters. The van der Waals surface area contributed by atoms with Gasteiger partial charge in [0.05, 0.1) is 5.69 Å². The summed E-state index contributed by atoms with van der Waals surface area (Å²) < 4.78 is 35.8. The Bertz CT molecular complexity index is 391. The first kappa shape index (κ1) is 17.8. The number of hydrogen-bond donors (Lipinski definition) is 2. The quantitative estimate of drug-likeness (QED) is 0.354. The minimum absolute atomic E-state index is 0.263. The number of hydrazine groups is 1. The van der Waals surface area contributed by atoms with Crippen molar-refractivity contribution in [2.75, 3.05) is 5.43 Å². The third-order valence-corrected chi connectivity index (χ3v) is 3.58. The molecule has 0 aliphatic rings. The second-order valence-corrected chi connectivity index (χ2v) is 5.39. The number of unbranched alkanes of at least 4 members (excludes halogenated alkanes) is 6. The third kappa shape index (κ3) is 8.60. The van der Waals surface area contributed by atoms with Crippen molar-refractivity contribution in [1.82, 2.24) is 0 Å². The van der Waals surface area contributed by atoms with E-state index in [1.165, 1.54) is 5.56 Å². The van der Waals surface area contributed by atoms with Crippen LogP contribution in [0.3, 0.4) is 0 Å². The van der Waals surface area contributed by atoms with Gasteiger partial charge in [0.2, 0.25) is 0 Å². The minimum atomic E-state index is -4.00. The number of para-hydroxylation sites is 1. The average molecular weight is 302 g/mol. The number of nitrogen functional groups attached to an aromatic ring is 1. The van der Waals surface area contributed by atoms with Crippen molar-refractivity contribution < 1.29 is 13.2 Å². The molecule has 2 nitrogen and oxygen atoms in total. The van der Waals surface area contributed by atoms with Gasteiger partial charge in [-0.1, -0.05) is 50.3 Å². The predicted octanol–water partition coefficient (Wildman–Crippen LogP) is 5.20. The molecule has 1 aromatic rings. The Balaban J connectivity index is 2.00. The van der Waals surface area contributed by atoms with Crippen LogP contribution in [0.15, 0.2) is 24.3 Å². The fourth-order valence-corrected chi connectivity index (χ4v) is 2.40. The number of rotatable bonds is 10. The first-order chi connectivity index (χ1) is 10.0. The molecule has 5 heteroatoms. The van der Waals surface area contributed by atoms with Gasteiger partial charge in [-0.3, -0.25) is 5.84 Å². The number of halogens is 3. The van der Waals surface area contributed by atoms with E-state index in [1.807, 2.05) is 18.2 Å². The van der Waals surface area contributed by atoms with Crippen LogP contribution in [0, 0.1) is 0 Å². The molecule has 0 saturated carbocycles. The highest BCUT2D eigenvalue weighted by Gasteiger charge is 2.25. The number of anilines is 1. The maximum Gasteiger partial charge on any atom is 0.389 e. The minimum Gasteiger partial charge on any atom is -0.324 e. The van der Waals surface area contributed by atoms with E-state index in [4.69, 9.17) is 5.84 Å². The first-order valence-electron chi connectivity index (χ1n) is 7.64. The standard InChI is InChI=1S/C16H25F3N2/c17-16(18,19)13-9-5-3-1-2-4-6-10-14-11-7-8-12-15(14)21-20/h7-8,11-12,21H,1-6,9-10,13,20H2.